The van der Waals surface area contributed by atoms with E-state index in [1.54, 1.807) is 10.5 Å². The van der Waals surface area contributed by atoms with Crippen LogP contribution in [0.25, 0.3) is 22.4 Å². The number of piperidine rings is 1. The molecule has 0 aliphatic carbocycles. The molecule has 1 fully saturated rings. The third-order valence-electron chi connectivity index (χ3n) is 6.31. The average Bonchev–Trinajstić information content (AvgIpc) is 3.12. The summed E-state index contributed by atoms with van der Waals surface area (Å²) in [5.74, 6) is 0. The number of anilines is 1. The zero-order valence-corrected chi connectivity index (χ0v) is 18.0. The predicted molar refractivity (Wildman–Crippen MR) is 120 cm³/mol. The Balaban J connectivity index is 1.53. The second-order valence-electron chi connectivity index (χ2n) is 9.24. The number of rotatable bonds is 2. The van der Waals surface area contributed by atoms with E-state index in [4.69, 9.17) is 4.98 Å². The largest absolute Gasteiger partial charge is 0.370 e. The molecule has 0 bridgehead atoms. The summed E-state index contributed by atoms with van der Waals surface area (Å²) in [5, 5.41) is 0. The average molecular weight is 402 g/mol. The molecular weight excluding hydrogens is 374 g/mol. The molecule has 5 rings (SSSR count). The van der Waals surface area contributed by atoms with Gasteiger partial charge in [0.2, 0.25) is 0 Å². The monoisotopic (exact) mass is 401 g/mol. The molecule has 0 atom stereocenters. The van der Waals surface area contributed by atoms with Gasteiger partial charge in [0.05, 0.1) is 28.3 Å². The molecular formula is C24H27N5O. The number of pyridine rings is 1. The van der Waals surface area contributed by atoms with E-state index < -0.39 is 0 Å². The molecule has 4 aromatic heterocycles. The third-order valence-corrected chi connectivity index (χ3v) is 6.31. The van der Waals surface area contributed by atoms with Gasteiger partial charge in [0.1, 0.15) is 5.65 Å². The number of fused-ring (bicyclic) bond motifs is 2. The highest BCUT2D eigenvalue weighted by molar-refractivity contribution is 5.70. The molecule has 6 nitrogen and oxygen atoms in total. The Kier molecular flexibility index (Phi) is 4.20. The van der Waals surface area contributed by atoms with Crippen LogP contribution in [0.1, 0.15) is 38.1 Å². The van der Waals surface area contributed by atoms with Crippen molar-refractivity contribution < 1.29 is 0 Å². The second kappa shape index (κ2) is 6.69. The fourth-order valence-corrected chi connectivity index (χ4v) is 4.37. The predicted octanol–water partition coefficient (Wildman–Crippen LogP) is 4.25. The van der Waals surface area contributed by atoms with Gasteiger partial charge in [-0.25, -0.2) is 4.98 Å². The lowest BCUT2D eigenvalue weighted by Crippen LogP contribution is -2.37. The Morgan fingerprint density at radius 3 is 2.50 bits per heavy atom. The van der Waals surface area contributed by atoms with Crippen molar-refractivity contribution in [3.05, 3.63) is 64.6 Å². The van der Waals surface area contributed by atoms with Crippen LogP contribution in [-0.4, -0.2) is 31.9 Å². The molecule has 0 spiro atoms. The number of hydrogen-bond acceptors (Lipinski definition) is 4. The number of nitrogens with zero attached hydrogens (tertiary/aromatic N) is 5. The molecule has 154 valence electrons. The Morgan fingerprint density at radius 1 is 0.967 bits per heavy atom. The molecule has 1 saturated heterocycles. The number of aromatic nitrogens is 4. The third kappa shape index (κ3) is 3.26. The molecule has 0 aromatic carbocycles. The van der Waals surface area contributed by atoms with Gasteiger partial charge < -0.3 is 9.30 Å². The summed E-state index contributed by atoms with van der Waals surface area (Å²) < 4.78 is 3.71. The zero-order valence-electron chi connectivity index (χ0n) is 18.0. The SMILES string of the molecule is Cc1cn2cc(-c3cc(=O)n4cc(N5CCC(C)(C)CC5)ccc4n3)cc2c(C)n1. The van der Waals surface area contributed by atoms with E-state index >= 15 is 0 Å². The Bertz CT molecular complexity index is 1320. The van der Waals surface area contributed by atoms with Gasteiger partial charge in [0.25, 0.3) is 5.56 Å². The first-order valence-electron chi connectivity index (χ1n) is 10.5. The van der Waals surface area contributed by atoms with E-state index in [9.17, 15) is 4.79 Å². The Labute approximate surface area is 175 Å². The first kappa shape index (κ1) is 18.9. The van der Waals surface area contributed by atoms with Crippen LogP contribution >= 0.6 is 0 Å². The summed E-state index contributed by atoms with van der Waals surface area (Å²) in [6.07, 6.45) is 8.26. The fourth-order valence-electron chi connectivity index (χ4n) is 4.37. The Hall–Kier alpha value is -3.15. The second-order valence-corrected chi connectivity index (χ2v) is 9.24. The van der Waals surface area contributed by atoms with E-state index in [1.165, 1.54) is 0 Å². The van der Waals surface area contributed by atoms with Gasteiger partial charge in [0, 0.05) is 43.3 Å². The van der Waals surface area contributed by atoms with Crippen molar-refractivity contribution in [2.24, 2.45) is 5.41 Å². The van der Waals surface area contributed by atoms with E-state index in [-0.39, 0.29) is 5.56 Å². The van der Waals surface area contributed by atoms with E-state index in [1.807, 2.05) is 44.6 Å². The topological polar surface area (TPSA) is 54.9 Å². The molecule has 1 aliphatic rings. The molecule has 0 amide bonds. The summed E-state index contributed by atoms with van der Waals surface area (Å²) in [4.78, 5) is 24.6. The molecule has 0 unspecified atom stereocenters. The molecule has 4 aromatic rings. The fraction of sp³-hybridized carbons (Fsp3) is 0.375. The van der Waals surface area contributed by atoms with Crippen LogP contribution in [0.5, 0.6) is 0 Å². The van der Waals surface area contributed by atoms with Crippen molar-refractivity contribution in [1.82, 2.24) is 18.8 Å². The van der Waals surface area contributed by atoms with E-state index in [0.29, 0.717) is 16.8 Å². The summed E-state index contributed by atoms with van der Waals surface area (Å²) >= 11 is 0. The lowest BCUT2D eigenvalue weighted by atomic mass is 9.82. The quantitative estimate of drug-likeness (QED) is 0.504. The van der Waals surface area contributed by atoms with Gasteiger partial charge in [0.15, 0.2) is 0 Å². The number of hydrogen-bond donors (Lipinski definition) is 0. The minimum absolute atomic E-state index is 0.0597. The summed E-state index contributed by atoms with van der Waals surface area (Å²) in [5.41, 5.74) is 6.66. The molecule has 6 heteroatoms. The first-order valence-corrected chi connectivity index (χ1v) is 10.5. The highest BCUT2D eigenvalue weighted by atomic mass is 16.1. The Morgan fingerprint density at radius 2 is 1.73 bits per heavy atom. The lowest BCUT2D eigenvalue weighted by Gasteiger charge is -2.38. The maximum absolute atomic E-state index is 12.9. The molecule has 0 N–H and O–H groups in total. The van der Waals surface area contributed by atoms with Crippen molar-refractivity contribution in [3.8, 4) is 11.3 Å². The summed E-state index contributed by atoms with van der Waals surface area (Å²) in [6, 6.07) is 7.70. The molecule has 5 heterocycles. The first-order chi connectivity index (χ1) is 14.3. The molecule has 0 radical (unpaired) electrons. The van der Waals surface area contributed by atoms with E-state index in [2.05, 4.69) is 34.2 Å². The standard InChI is InChI=1S/C24H27N5O/c1-16-13-28-14-18(11-21(28)17(2)25-16)20-12-23(30)29-15-19(5-6-22(29)26-20)27-9-7-24(3,4)8-10-27/h5-6,11-15H,7-10H2,1-4H3. The van der Waals surface area contributed by atoms with Crippen molar-refractivity contribution in [3.63, 3.8) is 0 Å². The van der Waals surface area contributed by atoms with Crippen LogP contribution in [0, 0.1) is 19.3 Å². The molecule has 1 aliphatic heterocycles. The van der Waals surface area contributed by atoms with Crippen LogP contribution in [0.3, 0.4) is 0 Å². The smallest absolute Gasteiger partial charge is 0.258 e. The highest BCUT2D eigenvalue weighted by Gasteiger charge is 2.25. The van der Waals surface area contributed by atoms with Gasteiger partial charge in [-0.2, -0.15) is 0 Å². The highest BCUT2D eigenvalue weighted by Crippen LogP contribution is 2.32. The van der Waals surface area contributed by atoms with Crippen molar-refractivity contribution in [2.75, 3.05) is 18.0 Å². The molecule has 30 heavy (non-hydrogen) atoms. The van der Waals surface area contributed by atoms with Crippen molar-refractivity contribution in [1.29, 1.82) is 0 Å². The number of aryl methyl sites for hydroxylation is 2. The van der Waals surface area contributed by atoms with Crippen LogP contribution in [-0.2, 0) is 0 Å². The maximum atomic E-state index is 12.9. The zero-order chi connectivity index (χ0) is 21.0. The van der Waals surface area contributed by atoms with Crippen LogP contribution < -0.4 is 10.5 Å². The van der Waals surface area contributed by atoms with Gasteiger partial charge in [-0.15, -0.1) is 0 Å². The minimum Gasteiger partial charge on any atom is -0.370 e. The normalized spacial score (nSPS) is 16.5. The van der Waals surface area contributed by atoms with E-state index in [0.717, 1.165) is 54.1 Å². The van der Waals surface area contributed by atoms with Gasteiger partial charge in [-0.1, -0.05) is 13.8 Å². The van der Waals surface area contributed by atoms with Gasteiger partial charge in [-0.3, -0.25) is 14.2 Å². The maximum Gasteiger partial charge on any atom is 0.258 e. The lowest BCUT2D eigenvalue weighted by molar-refractivity contribution is 0.280. The minimum atomic E-state index is -0.0597. The van der Waals surface area contributed by atoms with Crippen LogP contribution in [0.15, 0.2) is 47.7 Å². The van der Waals surface area contributed by atoms with Crippen molar-refractivity contribution >= 4 is 16.9 Å². The van der Waals surface area contributed by atoms with Gasteiger partial charge >= 0.3 is 0 Å². The van der Waals surface area contributed by atoms with Crippen LogP contribution in [0.2, 0.25) is 0 Å². The summed E-state index contributed by atoms with van der Waals surface area (Å²) in [6.45, 7) is 10.7. The summed E-state index contributed by atoms with van der Waals surface area (Å²) in [7, 11) is 0. The van der Waals surface area contributed by atoms with Crippen LogP contribution in [0.4, 0.5) is 5.69 Å². The molecule has 0 saturated carbocycles. The van der Waals surface area contributed by atoms with Crippen molar-refractivity contribution in [2.45, 2.75) is 40.5 Å². The van der Waals surface area contributed by atoms with Gasteiger partial charge in [-0.05, 0) is 50.3 Å².